The molecule has 0 heterocycles. The number of anilines is 1. The number of thiocarbonyl (C=S) groups is 1. The van der Waals surface area contributed by atoms with Gasteiger partial charge in [-0.2, -0.15) is 5.10 Å². The van der Waals surface area contributed by atoms with E-state index in [0.29, 0.717) is 46.2 Å². The maximum absolute atomic E-state index is 6.13. The summed E-state index contributed by atoms with van der Waals surface area (Å²) in [6, 6.07) is 22.3. The van der Waals surface area contributed by atoms with Crippen LogP contribution in [0.25, 0.3) is 0 Å². The van der Waals surface area contributed by atoms with E-state index in [0.717, 1.165) is 5.69 Å². The van der Waals surface area contributed by atoms with Crippen LogP contribution in [0.5, 0.6) is 17.2 Å². The van der Waals surface area contributed by atoms with Crippen molar-refractivity contribution in [1.82, 2.24) is 5.43 Å². The van der Waals surface area contributed by atoms with Crippen molar-refractivity contribution < 1.29 is 14.2 Å². The molecule has 0 aliphatic rings. The first-order chi connectivity index (χ1) is 15.2. The Hall–Kier alpha value is -3.29. The van der Waals surface area contributed by atoms with Crippen molar-refractivity contribution in [2.75, 3.05) is 25.6 Å². The molecule has 0 amide bonds. The Morgan fingerprint density at radius 1 is 0.935 bits per heavy atom. The zero-order valence-electron chi connectivity index (χ0n) is 16.9. The Balaban J connectivity index is 1.53. The van der Waals surface area contributed by atoms with Crippen molar-refractivity contribution in [3.05, 3.63) is 83.4 Å². The van der Waals surface area contributed by atoms with E-state index < -0.39 is 0 Å². The molecule has 8 heteroatoms. The molecule has 0 unspecified atom stereocenters. The summed E-state index contributed by atoms with van der Waals surface area (Å²) < 4.78 is 16.9. The molecule has 160 valence electrons. The quantitative estimate of drug-likeness (QED) is 0.202. The first-order valence-corrected chi connectivity index (χ1v) is 10.3. The Bertz CT molecular complexity index is 1030. The number of benzene rings is 3. The average molecular weight is 456 g/mol. The lowest BCUT2D eigenvalue weighted by molar-refractivity contribution is 0.211. The highest BCUT2D eigenvalue weighted by atomic mass is 35.5. The van der Waals surface area contributed by atoms with E-state index in [1.807, 2.05) is 54.6 Å². The SMILES string of the molecule is COc1ccccc1OCCOc1ccc(Cl)cc1C=NNC(=S)Nc1ccccc1. The van der Waals surface area contributed by atoms with Gasteiger partial charge in [0.05, 0.1) is 13.3 Å². The summed E-state index contributed by atoms with van der Waals surface area (Å²) in [5.41, 5.74) is 4.36. The fourth-order valence-corrected chi connectivity index (χ4v) is 2.99. The summed E-state index contributed by atoms with van der Waals surface area (Å²) in [5.74, 6) is 1.96. The van der Waals surface area contributed by atoms with Gasteiger partial charge in [-0.3, -0.25) is 5.43 Å². The van der Waals surface area contributed by atoms with Crippen LogP contribution >= 0.6 is 23.8 Å². The third-order valence-electron chi connectivity index (χ3n) is 4.04. The number of para-hydroxylation sites is 3. The first-order valence-electron chi connectivity index (χ1n) is 9.49. The zero-order chi connectivity index (χ0) is 21.9. The second-order valence-electron chi connectivity index (χ2n) is 6.22. The molecule has 0 saturated carbocycles. The number of halogens is 1. The fraction of sp³-hybridized carbons (Fsp3) is 0.130. The van der Waals surface area contributed by atoms with Crippen molar-refractivity contribution in [1.29, 1.82) is 0 Å². The molecule has 0 saturated heterocycles. The maximum atomic E-state index is 6.13. The first kappa shape index (κ1) is 22.4. The number of ether oxygens (including phenoxy) is 3. The van der Waals surface area contributed by atoms with Gasteiger partial charge >= 0.3 is 0 Å². The van der Waals surface area contributed by atoms with Crippen LogP contribution in [-0.2, 0) is 0 Å². The molecular formula is C23H22ClN3O3S. The summed E-state index contributed by atoms with van der Waals surface area (Å²) >= 11 is 11.4. The van der Waals surface area contributed by atoms with Crippen molar-refractivity contribution in [2.45, 2.75) is 0 Å². The van der Waals surface area contributed by atoms with E-state index in [9.17, 15) is 0 Å². The van der Waals surface area contributed by atoms with Crippen LogP contribution < -0.4 is 25.0 Å². The molecular weight excluding hydrogens is 434 g/mol. The van der Waals surface area contributed by atoms with Crippen LogP contribution in [0.3, 0.4) is 0 Å². The second-order valence-corrected chi connectivity index (χ2v) is 7.06. The molecule has 31 heavy (non-hydrogen) atoms. The maximum Gasteiger partial charge on any atom is 0.191 e. The van der Waals surface area contributed by atoms with Crippen molar-refractivity contribution in [3.63, 3.8) is 0 Å². The van der Waals surface area contributed by atoms with Gasteiger partial charge in [-0.1, -0.05) is 41.9 Å². The Labute approximate surface area is 191 Å². The summed E-state index contributed by atoms with van der Waals surface area (Å²) in [5, 5.41) is 8.16. The van der Waals surface area contributed by atoms with Crippen molar-refractivity contribution in [3.8, 4) is 17.2 Å². The minimum Gasteiger partial charge on any atom is -0.493 e. The lowest BCUT2D eigenvalue weighted by Crippen LogP contribution is -2.23. The molecule has 3 aromatic rings. The standard InChI is InChI=1S/C23H22ClN3O3S/c1-28-21-9-5-6-10-22(21)30-14-13-29-20-12-11-18(24)15-17(20)16-25-27-23(31)26-19-7-3-2-4-8-19/h2-12,15-16H,13-14H2,1H3,(H2,26,27,31). The highest BCUT2D eigenvalue weighted by Gasteiger charge is 2.05. The Kier molecular flexibility index (Phi) is 8.51. The predicted octanol–water partition coefficient (Wildman–Crippen LogP) is 5.13. The van der Waals surface area contributed by atoms with Gasteiger partial charge in [0.1, 0.15) is 19.0 Å². The van der Waals surface area contributed by atoms with Gasteiger partial charge in [-0.25, -0.2) is 0 Å². The molecule has 0 atom stereocenters. The number of rotatable bonds is 9. The lowest BCUT2D eigenvalue weighted by Gasteiger charge is -2.12. The van der Waals surface area contributed by atoms with E-state index in [1.54, 1.807) is 31.5 Å². The normalized spacial score (nSPS) is 10.5. The number of nitrogens with zero attached hydrogens (tertiary/aromatic N) is 1. The monoisotopic (exact) mass is 455 g/mol. The van der Waals surface area contributed by atoms with E-state index >= 15 is 0 Å². The van der Waals surface area contributed by atoms with Gasteiger partial charge < -0.3 is 19.5 Å². The third kappa shape index (κ3) is 7.16. The van der Waals surface area contributed by atoms with E-state index in [2.05, 4.69) is 15.8 Å². The lowest BCUT2D eigenvalue weighted by atomic mass is 10.2. The molecule has 3 aromatic carbocycles. The van der Waals surface area contributed by atoms with Crippen molar-refractivity contribution >= 4 is 40.8 Å². The number of hydrazone groups is 1. The van der Waals surface area contributed by atoms with Gasteiger partial charge in [0.15, 0.2) is 16.6 Å². The number of hydrogen-bond donors (Lipinski definition) is 2. The molecule has 6 nitrogen and oxygen atoms in total. The van der Waals surface area contributed by atoms with Crippen LogP contribution in [0.15, 0.2) is 77.9 Å². The van der Waals surface area contributed by atoms with Crippen molar-refractivity contribution in [2.24, 2.45) is 5.10 Å². The highest BCUT2D eigenvalue weighted by molar-refractivity contribution is 7.80. The molecule has 0 spiro atoms. The molecule has 0 fully saturated rings. The van der Waals surface area contributed by atoms with Gasteiger partial charge in [0.2, 0.25) is 0 Å². The van der Waals surface area contributed by atoms with Crippen LogP contribution in [0, 0.1) is 0 Å². The highest BCUT2D eigenvalue weighted by Crippen LogP contribution is 2.26. The Morgan fingerprint density at radius 3 is 2.35 bits per heavy atom. The zero-order valence-corrected chi connectivity index (χ0v) is 18.5. The van der Waals surface area contributed by atoms with Gasteiger partial charge in [0.25, 0.3) is 0 Å². The number of nitrogens with one attached hydrogen (secondary N) is 2. The largest absolute Gasteiger partial charge is 0.493 e. The van der Waals surface area contributed by atoms with E-state index in [-0.39, 0.29) is 0 Å². The van der Waals surface area contributed by atoms with Gasteiger partial charge in [-0.05, 0) is 54.7 Å². The van der Waals surface area contributed by atoms with E-state index in [4.69, 9.17) is 38.0 Å². The smallest absolute Gasteiger partial charge is 0.191 e. The van der Waals surface area contributed by atoms with Crippen LogP contribution in [0.2, 0.25) is 5.02 Å². The molecule has 0 aromatic heterocycles. The molecule has 2 N–H and O–H groups in total. The van der Waals surface area contributed by atoms with E-state index in [1.165, 1.54) is 0 Å². The average Bonchev–Trinajstić information content (AvgIpc) is 2.79. The topological polar surface area (TPSA) is 64.1 Å². The molecule has 0 aliphatic heterocycles. The Morgan fingerprint density at radius 2 is 1.61 bits per heavy atom. The summed E-state index contributed by atoms with van der Waals surface area (Å²) in [6.07, 6.45) is 1.60. The minimum absolute atomic E-state index is 0.335. The predicted molar refractivity (Wildman–Crippen MR) is 129 cm³/mol. The molecule has 0 aliphatic carbocycles. The van der Waals surface area contributed by atoms with Crippen LogP contribution in [-0.4, -0.2) is 31.7 Å². The van der Waals surface area contributed by atoms with Crippen LogP contribution in [0.1, 0.15) is 5.56 Å². The molecule has 0 bridgehead atoms. The molecule has 3 rings (SSSR count). The van der Waals surface area contributed by atoms with Gasteiger partial charge in [0, 0.05) is 16.3 Å². The van der Waals surface area contributed by atoms with Crippen LogP contribution in [0.4, 0.5) is 5.69 Å². The second kappa shape index (κ2) is 11.8. The fourth-order valence-electron chi connectivity index (χ4n) is 2.63. The third-order valence-corrected chi connectivity index (χ3v) is 4.47. The van der Waals surface area contributed by atoms with Gasteiger partial charge in [-0.15, -0.1) is 0 Å². The summed E-state index contributed by atoms with van der Waals surface area (Å²) in [6.45, 7) is 0.685. The summed E-state index contributed by atoms with van der Waals surface area (Å²) in [7, 11) is 1.60. The number of hydrogen-bond acceptors (Lipinski definition) is 5. The molecule has 0 radical (unpaired) electrons. The number of methoxy groups -OCH3 is 1. The minimum atomic E-state index is 0.335. The summed E-state index contributed by atoms with van der Waals surface area (Å²) in [4.78, 5) is 0.